The molecule has 41 heavy (non-hydrogen) atoms. The molecule has 7 nitrogen and oxygen atoms in total. The van der Waals surface area contributed by atoms with Crippen molar-refractivity contribution >= 4 is 44.9 Å². The van der Waals surface area contributed by atoms with Gasteiger partial charge >= 0.3 is 5.97 Å². The first kappa shape index (κ1) is 26.5. The van der Waals surface area contributed by atoms with Crippen LogP contribution in [0.25, 0.3) is 27.6 Å². The third kappa shape index (κ3) is 4.50. The van der Waals surface area contributed by atoms with Crippen molar-refractivity contribution < 1.29 is 19.0 Å². The lowest BCUT2D eigenvalue weighted by molar-refractivity contribution is -0.139. The molecule has 2 heterocycles. The first-order chi connectivity index (χ1) is 19.9. The zero-order valence-electron chi connectivity index (χ0n) is 23.1. The van der Waals surface area contributed by atoms with Crippen molar-refractivity contribution in [3.05, 3.63) is 115 Å². The van der Waals surface area contributed by atoms with E-state index >= 15 is 0 Å². The minimum Gasteiger partial charge on any atom is -0.493 e. The van der Waals surface area contributed by atoms with E-state index in [4.69, 9.17) is 19.2 Å². The number of aromatic nitrogens is 1. The third-order valence-corrected chi connectivity index (χ3v) is 8.31. The topological polar surface area (TPSA) is 79.1 Å². The molecule has 4 aromatic carbocycles. The highest BCUT2D eigenvalue weighted by molar-refractivity contribution is 7.07. The molecule has 0 saturated heterocycles. The number of carbonyl (C=O) groups excluding carboxylic acids is 1. The summed E-state index contributed by atoms with van der Waals surface area (Å²) in [6.07, 6.45) is 1.95. The van der Waals surface area contributed by atoms with Crippen LogP contribution < -0.4 is 24.4 Å². The highest BCUT2D eigenvalue weighted by atomic mass is 32.1. The molecule has 0 aliphatic carbocycles. The molecule has 1 aliphatic rings. The number of methoxy groups -OCH3 is 2. The van der Waals surface area contributed by atoms with Crippen molar-refractivity contribution in [2.45, 2.75) is 19.9 Å². The molecule has 5 aromatic rings. The fourth-order valence-electron chi connectivity index (χ4n) is 5.47. The summed E-state index contributed by atoms with van der Waals surface area (Å²) >= 11 is 1.31. The summed E-state index contributed by atoms with van der Waals surface area (Å²) in [5, 5.41) is 4.29. The maximum Gasteiger partial charge on any atom is 0.338 e. The molecule has 0 fully saturated rings. The van der Waals surface area contributed by atoms with Crippen LogP contribution in [0.15, 0.2) is 93.9 Å². The van der Waals surface area contributed by atoms with Gasteiger partial charge in [0.2, 0.25) is 0 Å². The van der Waals surface area contributed by atoms with E-state index < -0.39 is 12.0 Å². The van der Waals surface area contributed by atoms with Gasteiger partial charge in [-0.15, -0.1) is 0 Å². The second-order valence-corrected chi connectivity index (χ2v) is 10.7. The summed E-state index contributed by atoms with van der Waals surface area (Å²) in [7, 11) is 3.11. The second-order valence-electron chi connectivity index (χ2n) is 9.65. The van der Waals surface area contributed by atoms with Crippen LogP contribution in [-0.2, 0) is 9.53 Å². The number of rotatable bonds is 6. The van der Waals surface area contributed by atoms with Crippen molar-refractivity contribution in [3.63, 3.8) is 0 Å². The number of esters is 1. The summed E-state index contributed by atoms with van der Waals surface area (Å²) in [6.45, 7) is 3.73. The van der Waals surface area contributed by atoms with Gasteiger partial charge in [0, 0.05) is 0 Å². The molecule has 0 saturated carbocycles. The third-order valence-electron chi connectivity index (χ3n) is 7.33. The second kappa shape index (κ2) is 10.7. The molecule has 1 aromatic heterocycles. The average molecular weight is 565 g/mol. The number of nitrogens with zero attached hydrogens (tertiary/aromatic N) is 2. The van der Waals surface area contributed by atoms with E-state index in [0.717, 1.165) is 27.1 Å². The number of carbonyl (C=O) groups is 1. The molecule has 8 heteroatoms. The number of thiazole rings is 1. The van der Waals surface area contributed by atoms with Gasteiger partial charge in [-0.25, -0.2) is 9.79 Å². The summed E-state index contributed by atoms with van der Waals surface area (Å²) in [5.41, 5.74) is 2.23. The van der Waals surface area contributed by atoms with Crippen molar-refractivity contribution in [2.75, 3.05) is 20.8 Å². The Bertz CT molecular complexity index is 2000. The van der Waals surface area contributed by atoms with Gasteiger partial charge in [-0.3, -0.25) is 9.36 Å². The molecule has 1 atom stereocenters. The average Bonchev–Trinajstić information content (AvgIpc) is 3.29. The van der Waals surface area contributed by atoms with Gasteiger partial charge in [0.15, 0.2) is 16.3 Å². The standard InChI is InChI=1S/C33H28N2O5S/c1-5-40-32(37)29-19(2)34-33-35(30(29)22-14-15-26(38-3)27(17-22)39-4)31(36)28(41-33)18-25-23-12-8-6-10-20(23)16-21-11-7-9-13-24(21)25/h6-18,30H,5H2,1-4H3/b28-18-/t30-/m0/s1. The van der Waals surface area contributed by atoms with Crippen molar-refractivity contribution in [1.82, 2.24) is 4.57 Å². The molecule has 1 aliphatic heterocycles. The van der Waals surface area contributed by atoms with Crippen LogP contribution in [0.1, 0.15) is 31.0 Å². The zero-order valence-corrected chi connectivity index (χ0v) is 24.0. The van der Waals surface area contributed by atoms with E-state index in [1.54, 1.807) is 44.8 Å². The highest BCUT2D eigenvalue weighted by Crippen LogP contribution is 2.36. The monoisotopic (exact) mass is 564 g/mol. The predicted octanol–water partition coefficient (Wildman–Crippen LogP) is 5.12. The van der Waals surface area contributed by atoms with Gasteiger partial charge in [0.05, 0.1) is 42.7 Å². The van der Waals surface area contributed by atoms with E-state index in [0.29, 0.717) is 37.7 Å². The van der Waals surface area contributed by atoms with Crippen LogP contribution >= 0.6 is 11.3 Å². The lowest BCUT2D eigenvalue weighted by Crippen LogP contribution is -2.40. The maximum absolute atomic E-state index is 14.2. The van der Waals surface area contributed by atoms with Crippen LogP contribution in [-0.4, -0.2) is 31.4 Å². The van der Waals surface area contributed by atoms with Crippen LogP contribution in [0.2, 0.25) is 0 Å². The number of hydrogen-bond acceptors (Lipinski definition) is 7. The molecule has 0 radical (unpaired) electrons. The number of allylic oxidation sites excluding steroid dienone is 1. The Hall–Kier alpha value is -4.69. The van der Waals surface area contributed by atoms with E-state index in [2.05, 4.69) is 30.3 Å². The van der Waals surface area contributed by atoms with Gasteiger partial charge in [0.25, 0.3) is 5.56 Å². The molecule has 0 amide bonds. The molecule has 0 N–H and O–H groups in total. The van der Waals surface area contributed by atoms with Crippen LogP contribution in [0.5, 0.6) is 11.5 Å². The summed E-state index contributed by atoms with van der Waals surface area (Å²) < 4.78 is 18.5. The van der Waals surface area contributed by atoms with Crippen LogP contribution in [0.3, 0.4) is 0 Å². The van der Waals surface area contributed by atoms with Crippen LogP contribution in [0.4, 0.5) is 0 Å². The predicted molar refractivity (Wildman–Crippen MR) is 161 cm³/mol. The van der Waals surface area contributed by atoms with E-state index in [1.807, 2.05) is 36.4 Å². The highest BCUT2D eigenvalue weighted by Gasteiger charge is 2.34. The first-order valence-corrected chi connectivity index (χ1v) is 14.1. The van der Waals surface area contributed by atoms with Gasteiger partial charge < -0.3 is 14.2 Å². The molecular formula is C33H28N2O5S. The minimum absolute atomic E-state index is 0.201. The van der Waals surface area contributed by atoms with Gasteiger partial charge in [-0.2, -0.15) is 0 Å². The summed E-state index contributed by atoms with van der Waals surface area (Å²) in [6, 6.07) is 23.1. The largest absolute Gasteiger partial charge is 0.493 e. The SMILES string of the molecule is CCOC(=O)C1=C(C)N=c2s/c(=C\c3c4ccccc4cc4ccccc34)c(=O)n2[C@H]1c1ccc(OC)c(OC)c1. The smallest absolute Gasteiger partial charge is 0.338 e. The quantitative estimate of drug-likeness (QED) is 0.211. The zero-order chi connectivity index (χ0) is 28.7. The first-order valence-electron chi connectivity index (χ1n) is 13.3. The Kier molecular flexibility index (Phi) is 6.93. The van der Waals surface area contributed by atoms with Crippen molar-refractivity contribution in [3.8, 4) is 11.5 Å². The lowest BCUT2D eigenvalue weighted by Gasteiger charge is -2.25. The normalized spacial score (nSPS) is 15.1. The minimum atomic E-state index is -0.753. The maximum atomic E-state index is 14.2. The van der Waals surface area contributed by atoms with Crippen LogP contribution in [0, 0.1) is 0 Å². The van der Waals surface area contributed by atoms with Gasteiger partial charge in [-0.1, -0.05) is 65.9 Å². The molecule has 0 unspecified atom stereocenters. The Balaban J connectivity index is 1.64. The lowest BCUT2D eigenvalue weighted by atomic mass is 9.95. The number of fused-ring (bicyclic) bond motifs is 3. The Labute approximate surface area is 240 Å². The van der Waals surface area contributed by atoms with E-state index in [9.17, 15) is 9.59 Å². The Morgan fingerprint density at radius 2 is 1.61 bits per heavy atom. The Morgan fingerprint density at radius 3 is 2.24 bits per heavy atom. The number of benzene rings is 4. The number of hydrogen-bond donors (Lipinski definition) is 0. The Morgan fingerprint density at radius 1 is 0.951 bits per heavy atom. The van der Waals surface area contributed by atoms with Gasteiger partial charge in [0.1, 0.15) is 0 Å². The summed E-state index contributed by atoms with van der Waals surface area (Å²) in [4.78, 5) is 32.7. The molecule has 0 bridgehead atoms. The summed E-state index contributed by atoms with van der Waals surface area (Å²) in [5.74, 6) is 0.528. The fraction of sp³-hybridized carbons (Fsp3) is 0.182. The molecular weight excluding hydrogens is 536 g/mol. The molecule has 0 spiro atoms. The molecule has 6 rings (SSSR count). The molecule has 206 valence electrons. The van der Waals surface area contributed by atoms with E-state index in [1.165, 1.54) is 11.3 Å². The van der Waals surface area contributed by atoms with Crippen molar-refractivity contribution in [1.29, 1.82) is 0 Å². The van der Waals surface area contributed by atoms with Gasteiger partial charge in [-0.05, 0) is 70.8 Å². The van der Waals surface area contributed by atoms with Crippen molar-refractivity contribution in [2.24, 2.45) is 4.99 Å². The van der Waals surface area contributed by atoms with E-state index in [-0.39, 0.29) is 12.2 Å². The fourth-order valence-corrected chi connectivity index (χ4v) is 6.49. The number of ether oxygens (including phenoxy) is 3.